The van der Waals surface area contributed by atoms with Gasteiger partial charge in [0.2, 0.25) is 0 Å². The molecule has 0 fully saturated rings. The van der Waals surface area contributed by atoms with Crippen molar-refractivity contribution in [2.75, 3.05) is 0 Å². The number of alkyl halides is 5. The van der Waals surface area contributed by atoms with Crippen LogP contribution in [0.4, 0.5) is 22.0 Å². The number of benzene rings is 2. The van der Waals surface area contributed by atoms with E-state index in [1.807, 2.05) is 30.3 Å². The molecule has 0 saturated carbocycles. The van der Waals surface area contributed by atoms with E-state index in [4.69, 9.17) is 10.5 Å². The molecule has 0 spiro atoms. The molecule has 2 aromatic rings. The summed E-state index contributed by atoms with van der Waals surface area (Å²) in [7, 11) is 0. The minimum atomic E-state index is -5.70. The normalized spacial score (nSPS) is 13.7. The van der Waals surface area contributed by atoms with E-state index in [-0.39, 0.29) is 12.2 Å². The quantitative estimate of drug-likeness (QED) is 0.821. The van der Waals surface area contributed by atoms with Crippen molar-refractivity contribution in [2.45, 2.75) is 24.7 Å². The van der Waals surface area contributed by atoms with Crippen LogP contribution in [0, 0.1) is 0 Å². The van der Waals surface area contributed by atoms with Crippen molar-refractivity contribution in [2.24, 2.45) is 5.73 Å². The first-order chi connectivity index (χ1) is 10.7. The zero-order valence-electron chi connectivity index (χ0n) is 11.9. The Labute approximate surface area is 129 Å². The Balaban J connectivity index is 2.04. The Hall–Kier alpha value is -2.15. The second kappa shape index (κ2) is 6.54. The fourth-order valence-corrected chi connectivity index (χ4v) is 1.90. The fraction of sp³-hybridized carbons (Fsp3) is 0.250. The second-order valence-corrected chi connectivity index (χ2v) is 4.94. The molecule has 0 radical (unpaired) electrons. The third-order valence-electron chi connectivity index (χ3n) is 3.26. The second-order valence-electron chi connectivity index (χ2n) is 4.94. The van der Waals surface area contributed by atoms with Gasteiger partial charge in [-0.05, 0) is 23.3 Å². The summed E-state index contributed by atoms with van der Waals surface area (Å²) >= 11 is 0. The summed E-state index contributed by atoms with van der Waals surface area (Å²) in [6, 6.07) is 11.6. The minimum absolute atomic E-state index is 0.255. The summed E-state index contributed by atoms with van der Waals surface area (Å²) < 4.78 is 68.7. The maximum Gasteiger partial charge on any atom is 0.455 e. The molecule has 7 heteroatoms. The van der Waals surface area contributed by atoms with Crippen LogP contribution < -0.4 is 10.5 Å². The Morgan fingerprint density at radius 1 is 0.870 bits per heavy atom. The van der Waals surface area contributed by atoms with Gasteiger partial charge in [0.05, 0.1) is 0 Å². The number of hydrogen-bond acceptors (Lipinski definition) is 2. The molecule has 0 aliphatic heterocycles. The van der Waals surface area contributed by atoms with Gasteiger partial charge >= 0.3 is 12.1 Å². The van der Waals surface area contributed by atoms with Crippen LogP contribution in [0.15, 0.2) is 54.6 Å². The molecule has 124 valence electrons. The third kappa shape index (κ3) is 3.98. The molecular formula is C16H14F5NO. The van der Waals surface area contributed by atoms with Crippen molar-refractivity contribution in [1.29, 1.82) is 0 Å². The molecule has 2 aromatic carbocycles. The van der Waals surface area contributed by atoms with Gasteiger partial charge in [-0.1, -0.05) is 42.5 Å². The molecular weight excluding hydrogens is 317 g/mol. The van der Waals surface area contributed by atoms with Gasteiger partial charge in [-0.2, -0.15) is 22.0 Å². The predicted octanol–water partition coefficient (Wildman–Crippen LogP) is 4.46. The number of hydrogen-bond donors (Lipinski definition) is 1. The predicted molar refractivity (Wildman–Crippen MR) is 75.1 cm³/mol. The molecule has 1 atom stereocenters. The summed E-state index contributed by atoms with van der Waals surface area (Å²) in [5.41, 5.74) is 5.64. The first-order valence-corrected chi connectivity index (χ1v) is 6.68. The highest BCUT2D eigenvalue weighted by atomic mass is 19.4. The van der Waals surface area contributed by atoms with Crippen molar-refractivity contribution >= 4 is 0 Å². The Morgan fingerprint density at radius 3 is 1.96 bits per heavy atom. The molecule has 0 bridgehead atoms. The molecule has 0 saturated heterocycles. The maximum atomic E-state index is 13.2. The monoisotopic (exact) mass is 331 g/mol. The van der Waals surface area contributed by atoms with Crippen molar-refractivity contribution in [3.8, 4) is 5.75 Å². The Kier molecular flexibility index (Phi) is 4.89. The zero-order valence-corrected chi connectivity index (χ0v) is 11.9. The lowest BCUT2D eigenvalue weighted by Crippen LogP contribution is -2.45. The van der Waals surface area contributed by atoms with Gasteiger partial charge in [0.1, 0.15) is 18.4 Å². The van der Waals surface area contributed by atoms with Crippen LogP contribution in [0.5, 0.6) is 5.75 Å². The Morgan fingerprint density at radius 2 is 1.43 bits per heavy atom. The number of rotatable bonds is 5. The molecule has 0 amide bonds. The summed E-state index contributed by atoms with van der Waals surface area (Å²) in [4.78, 5) is 0. The van der Waals surface area contributed by atoms with Crippen LogP contribution in [0.2, 0.25) is 0 Å². The lowest BCUT2D eigenvalue weighted by molar-refractivity contribution is -0.291. The highest BCUT2D eigenvalue weighted by molar-refractivity contribution is 5.30. The van der Waals surface area contributed by atoms with Gasteiger partial charge in [0, 0.05) is 0 Å². The lowest BCUT2D eigenvalue weighted by Gasteiger charge is -2.26. The van der Waals surface area contributed by atoms with Crippen molar-refractivity contribution in [3.05, 3.63) is 65.7 Å². The van der Waals surface area contributed by atoms with Crippen LogP contribution in [-0.2, 0) is 6.61 Å². The lowest BCUT2D eigenvalue weighted by atomic mass is 10.0. The number of halogens is 5. The van der Waals surface area contributed by atoms with E-state index in [0.717, 1.165) is 17.7 Å². The van der Waals surface area contributed by atoms with E-state index in [0.29, 0.717) is 5.75 Å². The molecule has 2 N–H and O–H groups in total. The molecule has 0 aromatic heterocycles. The van der Waals surface area contributed by atoms with Gasteiger partial charge < -0.3 is 10.5 Å². The smallest absolute Gasteiger partial charge is 0.455 e. The molecule has 0 aliphatic carbocycles. The van der Waals surface area contributed by atoms with Crippen molar-refractivity contribution in [1.82, 2.24) is 0 Å². The first-order valence-electron chi connectivity index (χ1n) is 6.68. The summed E-state index contributed by atoms with van der Waals surface area (Å²) in [5, 5.41) is 0. The van der Waals surface area contributed by atoms with E-state index >= 15 is 0 Å². The molecule has 2 rings (SSSR count). The van der Waals surface area contributed by atoms with Crippen LogP contribution in [0.1, 0.15) is 17.2 Å². The highest BCUT2D eigenvalue weighted by Crippen LogP contribution is 2.43. The summed E-state index contributed by atoms with van der Waals surface area (Å²) in [5.74, 6) is -4.65. The van der Waals surface area contributed by atoms with E-state index < -0.39 is 18.1 Å². The van der Waals surface area contributed by atoms with Gasteiger partial charge in [-0.3, -0.25) is 0 Å². The topological polar surface area (TPSA) is 35.2 Å². The Bertz CT molecular complexity index is 625. The SMILES string of the molecule is N[C@@H](c1ccc(OCc2ccccc2)cc1)C(F)(F)C(F)(F)F. The van der Waals surface area contributed by atoms with Crippen LogP contribution in [0.25, 0.3) is 0 Å². The molecule has 2 nitrogen and oxygen atoms in total. The standard InChI is InChI=1S/C16H14F5NO/c17-15(18,16(19,20)21)14(22)12-6-8-13(9-7-12)23-10-11-4-2-1-3-5-11/h1-9,14H,10,22H2/t14-/m0/s1. The number of nitrogens with two attached hydrogens (primary N) is 1. The van der Waals surface area contributed by atoms with Crippen molar-refractivity contribution in [3.63, 3.8) is 0 Å². The zero-order chi connectivity index (χ0) is 17.1. The minimum Gasteiger partial charge on any atom is -0.489 e. The van der Waals surface area contributed by atoms with Gasteiger partial charge in [-0.25, -0.2) is 0 Å². The van der Waals surface area contributed by atoms with Crippen molar-refractivity contribution < 1.29 is 26.7 Å². The van der Waals surface area contributed by atoms with E-state index in [2.05, 4.69) is 0 Å². The molecule has 0 heterocycles. The largest absolute Gasteiger partial charge is 0.489 e. The van der Waals surface area contributed by atoms with E-state index in [1.54, 1.807) is 0 Å². The van der Waals surface area contributed by atoms with Crippen LogP contribution in [0.3, 0.4) is 0 Å². The van der Waals surface area contributed by atoms with E-state index in [1.165, 1.54) is 12.1 Å². The third-order valence-corrected chi connectivity index (χ3v) is 3.26. The van der Waals surface area contributed by atoms with Crippen LogP contribution >= 0.6 is 0 Å². The van der Waals surface area contributed by atoms with E-state index in [9.17, 15) is 22.0 Å². The summed E-state index contributed by atoms with van der Waals surface area (Å²) in [6.45, 7) is 0.255. The molecule has 0 unspecified atom stereocenters. The maximum absolute atomic E-state index is 13.2. The fourth-order valence-electron chi connectivity index (χ4n) is 1.90. The highest BCUT2D eigenvalue weighted by Gasteiger charge is 2.61. The van der Waals surface area contributed by atoms with Gasteiger partial charge in [-0.15, -0.1) is 0 Å². The average molecular weight is 331 g/mol. The first kappa shape index (κ1) is 17.2. The summed E-state index contributed by atoms with van der Waals surface area (Å²) in [6.07, 6.45) is -5.70. The van der Waals surface area contributed by atoms with Gasteiger partial charge in [0.25, 0.3) is 0 Å². The molecule has 23 heavy (non-hydrogen) atoms. The van der Waals surface area contributed by atoms with Crippen LogP contribution in [-0.4, -0.2) is 12.1 Å². The van der Waals surface area contributed by atoms with Gasteiger partial charge in [0.15, 0.2) is 0 Å². The number of ether oxygens (including phenoxy) is 1. The molecule has 0 aliphatic rings. The average Bonchev–Trinajstić information content (AvgIpc) is 2.52.